The lowest BCUT2D eigenvalue weighted by molar-refractivity contribution is -0.167. The molecule has 0 aliphatic rings. The Balaban J connectivity index is 4.10. The van der Waals surface area contributed by atoms with Gasteiger partial charge in [-0.3, -0.25) is 14.4 Å². The zero-order valence-electron chi connectivity index (χ0n) is 51.2. The van der Waals surface area contributed by atoms with Gasteiger partial charge in [-0.2, -0.15) is 0 Å². The molecule has 0 saturated carbocycles. The monoisotopic (exact) mass is 1080 g/mol. The summed E-state index contributed by atoms with van der Waals surface area (Å²) < 4.78 is 16.8. The van der Waals surface area contributed by atoms with Crippen LogP contribution in [0.15, 0.2) is 109 Å². The van der Waals surface area contributed by atoms with E-state index in [1.165, 1.54) is 154 Å². The maximum absolute atomic E-state index is 12.9. The Bertz CT molecular complexity index is 1570. The van der Waals surface area contributed by atoms with E-state index >= 15 is 0 Å². The molecule has 0 radical (unpaired) electrons. The van der Waals surface area contributed by atoms with Crippen LogP contribution in [-0.4, -0.2) is 37.2 Å². The van der Waals surface area contributed by atoms with E-state index in [0.717, 1.165) is 116 Å². The summed E-state index contributed by atoms with van der Waals surface area (Å²) >= 11 is 0. The van der Waals surface area contributed by atoms with Gasteiger partial charge in [-0.1, -0.05) is 291 Å². The highest BCUT2D eigenvalue weighted by atomic mass is 16.6. The molecular weight excluding hydrogens is 961 g/mol. The Labute approximate surface area is 482 Å². The van der Waals surface area contributed by atoms with Gasteiger partial charge in [0.15, 0.2) is 6.10 Å². The number of carbonyl (C=O) groups is 3. The van der Waals surface area contributed by atoms with Crippen LogP contribution in [0.4, 0.5) is 0 Å². The summed E-state index contributed by atoms with van der Waals surface area (Å²) in [5.41, 5.74) is 0. The van der Waals surface area contributed by atoms with Crippen molar-refractivity contribution >= 4 is 17.9 Å². The molecule has 0 amide bonds. The van der Waals surface area contributed by atoms with Gasteiger partial charge in [-0.15, -0.1) is 0 Å². The first kappa shape index (κ1) is 74.1. The van der Waals surface area contributed by atoms with E-state index in [0.29, 0.717) is 19.3 Å². The number of allylic oxidation sites excluding steroid dienone is 18. The Kier molecular flexibility index (Phi) is 62.3. The third-order valence-electron chi connectivity index (χ3n) is 14.0. The van der Waals surface area contributed by atoms with E-state index < -0.39 is 6.10 Å². The van der Waals surface area contributed by atoms with Crippen LogP contribution >= 0.6 is 0 Å². The van der Waals surface area contributed by atoms with Gasteiger partial charge in [0.2, 0.25) is 0 Å². The van der Waals surface area contributed by atoms with Crippen molar-refractivity contribution in [1.82, 2.24) is 0 Å². The molecule has 0 saturated heterocycles. The molecule has 0 aromatic rings. The first-order valence-electron chi connectivity index (χ1n) is 32.9. The van der Waals surface area contributed by atoms with Crippen molar-refractivity contribution in [3.05, 3.63) is 109 Å². The quantitative estimate of drug-likeness (QED) is 0.0261. The van der Waals surface area contributed by atoms with Crippen LogP contribution in [0.3, 0.4) is 0 Å². The van der Waals surface area contributed by atoms with Crippen LogP contribution in [0.25, 0.3) is 0 Å². The molecular formula is C72H122O6. The number of esters is 3. The number of carbonyl (C=O) groups excluding carboxylic acids is 3. The molecule has 6 heteroatoms. The summed E-state index contributed by atoms with van der Waals surface area (Å²) in [4.78, 5) is 38.0. The van der Waals surface area contributed by atoms with Crippen molar-refractivity contribution in [2.75, 3.05) is 13.2 Å². The maximum Gasteiger partial charge on any atom is 0.306 e. The van der Waals surface area contributed by atoms with Crippen LogP contribution in [0, 0.1) is 0 Å². The molecule has 78 heavy (non-hydrogen) atoms. The molecule has 0 spiro atoms. The third-order valence-corrected chi connectivity index (χ3v) is 14.0. The van der Waals surface area contributed by atoms with E-state index in [4.69, 9.17) is 14.2 Å². The first-order chi connectivity index (χ1) is 38.5. The summed E-state index contributed by atoms with van der Waals surface area (Å²) in [6.45, 7) is 6.47. The van der Waals surface area contributed by atoms with Crippen molar-refractivity contribution in [1.29, 1.82) is 0 Å². The maximum atomic E-state index is 12.9. The van der Waals surface area contributed by atoms with Crippen LogP contribution in [0.1, 0.15) is 310 Å². The SMILES string of the molecule is CC/C=C\C/C=C\C/C=C\C/C=C\C/C=C\C/C=C\C/C=C\CCCCCCCCCCCC(=O)OCC(COC(=O)CCCCCCCC)OC(=O)CCCCCCCCCCCCC/C=C\C/C=C\CCCCCCC. The second-order valence-corrected chi connectivity index (χ2v) is 21.6. The standard InChI is InChI=1S/C72H122O6/c1-4-7-10-13-16-18-20-22-24-26-28-30-32-33-34-35-36-37-38-39-41-42-44-46-48-50-52-54-56-59-62-65-71(74)77-68-69(67-76-70(73)64-61-58-15-12-9-6-3)78-72(75)66-63-60-57-55-53-51-49-47-45-43-40-31-29-27-25-23-21-19-17-14-11-8-5-2/h7,10,16,18,21-24,27-30,33-34,36-37,39,41,69H,4-6,8-9,11-15,17,19-20,25-26,31-32,35,38,40,42-68H2,1-3H3/b10-7-,18-16-,23-21-,24-22-,29-27-,30-28-,34-33-,37-36-,41-39-. The minimum atomic E-state index is -0.780. The zero-order valence-corrected chi connectivity index (χ0v) is 51.2. The fourth-order valence-electron chi connectivity index (χ4n) is 9.10. The lowest BCUT2D eigenvalue weighted by Crippen LogP contribution is -2.30. The Morgan fingerprint density at radius 3 is 0.782 bits per heavy atom. The molecule has 0 aromatic heterocycles. The summed E-state index contributed by atoms with van der Waals surface area (Å²) in [7, 11) is 0. The minimum absolute atomic E-state index is 0.0796. The normalized spacial score (nSPS) is 12.8. The molecule has 6 nitrogen and oxygen atoms in total. The number of unbranched alkanes of at least 4 members (excludes halogenated alkanes) is 30. The van der Waals surface area contributed by atoms with Gasteiger partial charge in [-0.05, 0) is 109 Å². The number of hydrogen-bond acceptors (Lipinski definition) is 6. The van der Waals surface area contributed by atoms with E-state index in [9.17, 15) is 14.4 Å². The lowest BCUT2D eigenvalue weighted by Gasteiger charge is -2.18. The molecule has 0 aliphatic heterocycles. The summed E-state index contributed by atoms with van der Waals surface area (Å²) in [6, 6.07) is 0. The van der Waals surface area contributed by atoms with E-state index in [1.54, 1.807) is 0 Å². The molecule has 0 N–H and O–H groups in total. The van der Waals surface area contributed by atoms with Crippen molar-refractivity contribution in [3.63, 3.8) is 0 Å². The molecule has 446 valence electrons. The average molecular weight is 1080 g/mol. The van der Waals surface area contributed by atoms with Gasteiger partial charge >= 0.3 is 17.9 Å². The van der Waals surface area contributed by atoms with Crippen molar-refractivity contribution in [2.45, 2.75) is 316 Å². The van der Waals surface area contributed by atoms with Crippen LogP contribution < -0.4 is 0 Å². The molecule has 0 aliphatic carbocycles. The molecule has 0 rings (SSSR count). The molecule has 0 bridgehead atoms. The van der Waals surface area contributed by atoms with E-state index in [1.807, 2.05) is 0 Å². The molecule has 0 aromatic carbocycles. The summed E-state index contributed by atoms with van der Waals surface area (Å²) in [6.07, 6.45) is 89.9. The van der Waals surface area contributed by atoms with Gasteiger partial charge in [0, 0.05) is 19.3 Å². The third kappa shape index (κ3) is 62.9. The number of hydrogen-bond donors (Lipinski definition) is 0. The highest BCUT2D eigenvalue weighted by Crippen LogP contribution is 2.16. The van der Waals surface area contributed by atoms with Crippen molar-refractivity contribution in [3.8, 4) is 0 Å². The zero-order chi connectivity index (χ0) is 56.4. The highest BCUT2D eigenvalue weighted by Gasteiger charge is 2.19. The number of ether oxygens (including phenoxy) is 3. The first-order valence-corrected chi connectivity index (χ1v) is 32.9. The second kappa shape index (κ2) is 65.6. The van der Waals surface area contributed by atoms with Gasteiger partial charge < -0.3 is 14.2 Å². The minimum Gasteiger partial charge on any atom is -0.462 e. The topological polar surface area (TPSA) is 78.9 Å². The summed E-state index contributed by atoms with van der Waals surface area (Å²) in [5, 5.41) is 0. The fraction of sp³-hybridized carbons (Fsp3) is 0.708. The molecule has 0 heterocycles. The van der Waals surface area contributed by atoms with E-state index in [2.05, 4.69) is 130 Å². The van der Waals surface area contributed by atoms with Crippen LogP contribution in [-0.2, 0) is 28.6 Å². The number of rotatable bonds is 59. The van der Waals surface area contributed by atoms with Gasteiger partial charge in [0.25, 0.3) is 0 Å². The predicted octanol–water partition coefficient (Wildman–Crippen LogP) is 22.6. The Morgan fingerprint density at radius 2 is 0.500 bits per heavy atom. The largest absolute Gasteiger partial charge is 0.462 e. The molecule has 0 fully saturated rings. The fourth-order valence-corrected chi connectivity index (χ4v) is 9.10. The lowest BCUT2D eigenvalue weighted by atomic mass is 10.0. The molecule has 1 atom stereocenters. The van der Waals surface area contributed by atoms with Crippen molar-refractivity contribution in [2.24, 2.45) is 0 Å². The van der Waals surface area contributed by atoms with Crippen molar-refractivity contribution < 1.29 is 28.6 Å². The van der Waals surface area contributed by atoms with Crippen LogP contribution in [0.2, 0.25) is 0 Å². The van der Waals surface area contributed by atoms with E-state index in [-0.39, 0.29) is 31.1 Å². The summed E-state index contributed by atoms with van der Waals surface area (Å²) in [5.74, 6) is -0.891. The average Bonchev–Trinajstić information content (AvgIpc) is 3.44. The smallest absolute Gasteiger partial charge is 0.306 e. The molecule has 1 unspecified atom stereocenters. The van der Waals surface area contributed by atoms with Crippen LogP contribution in [0.5, 0.6) is 0 Å². The Hall–Kier alpha value is -3.93. The van der Waals surface area contributed by atoms with Gasteiger partial charge in [0.05, 0.1) is 0 Å². The van der Waals surface area contributed by atoms with Gasteiger partial charge in [0.1, 0.15) is 13.2 Å². The second-order valence-electron chi connectivity index (χ2n) is 21.6. The Morgan fingerprint density at radius 1 is 0.269 bits per heavy atom. The predicted molar refractivity (Wildman–Crippen MR) is 339 cm³/mol. The highest BCUT2D eigenvalue weighted by molar-refractivity contribution is 5.71. The van der Waals surface area contributed by atoms with Gasteiger partial charge in [-0.25, -0.2) is 0 Å².